The third kappa shape index (κ3) is 1.61. The SMILES string of the molecule is O=C1CC2OCC=C3CN4CC[C@]56c7ccccc7N1C5([N+](=O)[O-])[C@H]2[C@H]3C([N+](=O)[O-])[C@@H]46. The zero-order chi connectivity index (χ0) is 21.3. The van der Waals surface area contributed by atoms with Gasteiger partial charge in [-0.2, -0.15) is 0 Å². The fourth-order valence-corrected chi connectivity index (χ4v) is 8.28. The van der Waals surface area contributed by atoms with Crippen LogP contribution >= 0.6 is 0 Å². The molecular weight excluding hydrogens is 404 g/mol. The monoisotopic (exact) mass is 424 g/mol. The van der Waals surface area contributed by atoms with E-state index in [1.807, 2.05) is 18.2 Å². The highest BCUT2D eigenvalue weighted by Gasteiger charge is 2.89. The minimum Gasteiger partial charge on any atom is -0.373 e. The van der Waals surface area contributed by atoms with Crippen molar-refractivity contribution in [1.29, 1.82) is 0 Å². The summed E-state index contributed by atoms with van der Waals surface area (Å²) < 4.78 is 6.03. The number of hydrogen-bond acceptors (Lipinski definition) is 7. The van der Waals surface area contributed by atoms with Crippen LogP contribution < -0.4 is 4.90 Å². The van der Waals surface area contributed by atoms with Crippen molar-refractivity contribution in [2.75, 3.05) is 24.6 Å². The van der Waals surface area contributed by atoms with Crippen molar-refractivity contribution in [1.82, 2.24) is 4.90 Å². The number of amides is 1. The minimum absolute atomic E-state index is 0.00110. The van der Waals surface area contributed by atoms with Crippen LogP contribution in [0.2, 0.25) is 0 Å². The first-order valence-electron chi connectivity index (χ1n) is 10.7. The molecule has 10 heteroatoms. The number of ether oxygens (including phenoxy) is 1. The van der Waals surface area contributed by atoms with Crippen LogP contribution in [0.25, 0.3) is 0 Å². The van der Waals surface area contributed by atoms with Crippen molar-refractivity contribution in [2.45, 2.75) is 42.1 Å². The Morgan fingerprint density at radius 1 is 1.19 bits per heavy atom. The van der Waals surface area contributed by atoms with Crippen molar-refractivity contribution in [3.8, 4) is 0 Å². The van der Waals surface area contributed by atoms with Gasteiger partial charge in [-0.25, -0.2) is 4.90 Å². The quantitative estimate of drug-likeness (QED) is 0.394. The largest absolute Gasteiger partial charge is 0.373 e. The van der Waals surface area contributed by atoms with Crippen LogP contribution in [0.4, 0.5) is 5.69 Å². The average molecular weight is 424 g/mol. The van der Waals surface area contributed by atoms with Gasteiger partial charge in [0.1, 0.15) is 5.41 Å². The van der Waals surface area contributed by atoms with Crippen LogP contribution in [0.15, 0.2) is 35.9 Å². The van der Waals surface area contributed by atoms with Crippen molar-refractivity contribution in [3.05, 3.63) is 61.7 Å². The van der Waals surface area contributed by atoms with Crippen molar-refractivity contribution in [3.63, 3.8) is 0 Å². The Balaban J connectivity index is 1.66. The number of hydrogen-bond donors (Lipinski definition) is 0. The molecule has 3 saturated heterocycles. The number of benzene rings is 1. The third-order valence-electron chi connectivity index (χ3n) is 8.88. The number of carbonyl (C=O) groups is 1. The van der Waals surface area contributed by atoms with E-state index in [-0.39, 0.29) is 28.8 Å². The number of piperidine rings is 2. The van der Waals surface area contributed by atoms with Gasteiger partial charge in [0.15, 0.2) is 0 Å². The minimum atomic E-state index is -1.78. The topological polar surface area (TPSA) is 119 Å². The molecule has 1 aromatic rings. The number of nitrogens with zero attached hydrogens (tertiary/aromatic N) is 4. The lowest BCUT2D eigenvalue weighted by molar-refractivity contribution is -0.623. The summed E-state index contributed by atoms with van der Waals surface area (Å²) >= 11 is 0. The maximum Gasteiger partial charge on any atom is 0.320 e. The fourth-order valence-electron chi connectivity index (χ4n) is 8.28. The summed E-state index contributed by atoms with van der Waals surface area (Å²) in [6, 6.07) is 5.58. The Labute approximate surface area is 176 Å². The first-order chi connectivity index (χ1) is 14.9. The van der Waals surface area contributed by atoms with Gasteiger partial charge >= 0.3 is 5.66 Å². The summed E-state index contributed by atoms with van der Waals surface area (Å²) in [7, 11) is 0. The van der Waals surface area contributed by atoms with Crippen molar-refractivity contribution < 1.29 is 19.4 Å². The highest BCUT2D eigenvalue weighted by atomic mass is 16.6. The van der Waals surface area contributed by atoms with Crippen LogP contribution in [-0.4, -0.2) is 64.2 Å². The maximum absolute atomic E-state index is 13.5. The molecular formula is C21H20N4O6. The number of nitro groups is 2. The molecule has 4 fully saturated rings. The van der Waals surface area contributed by atoms with Crippen LogP contribution in [-0.2, 0) is 14.9 Å². The molecule has 0 radical (unpaired) electrons. The van der Waals surface area contributed by atoms with Gasteiger partial charge in [0.25, 0.3) is 0 Å². The summed E-state index contributed by atoms with van der Waals surface area (Å²) in [4.78, 5) is 42.1. The number of fused-ring (bicyclic) bond motifs is 2. The van der Waals surface area contributed by atoms with Gasteiger partial charge in [-0.1, -0.05) is 24.3 Å². The van der Waals surface area contributed by atoms with E-state index in [1.54, 1.807) is 12.1 Å². The zero-order valence-corrected chi connectivity index (χ0v) is 16.5. The molecule has 3 unspecified atom stereocenters. The third-order valence-corrected chi connectivity index (χ3v) is 8.88. The van der Waals surface area contributed by atoms with Gasteiger partial charge in [-0.15, -0.1) is 0 Å². The second-order valence-electron chi connectivity index (χ2n) is 9.55. The van der Waals surface area contributed by atoms with Gasteiger partial charge in [-0.3, -0.25) is 29.9 Å². The lowest BCUT2D eigenvalue weighted by Crippen LogP contribution is -2.83. The Morgan fingerprint density at radius 2 is 2.00 bits per heavy atom. The standard InChI is InChI=1S/C21H20N4O6/c26-15-9-14-17-16-11(5-8-31-14)10-22-7-6-20(19(22)18(16)24(27)28)12-3-1-2-4-13(12)23(15)21(17,20)25(29)30/h1-5,14,16-19H,6-10H2/t14?,16-,17+,18?,19+,20+,21?/m0/s1. The van der Waals surface area contributed by atoms with E-state index >= 15 is 0 Å². The summed E-state index contributed by atoms with van der Waals surface area (Å²) in [6.45, 7) is 1.32. The smallest absolute Gasteiger partial charge is 0.320 e. The Bertz CT molecular complexity index is 1120. The van der Waals surface area contributed by atoms with E-state index in [1.165, 1.54) is 4.90 Å². The Hall–Kier alpha value is -2.85. The molecule has 6 aliphatic rings. The van der Waals surface area contributed by atoms with E-state index in [4.69, 9.17) is 4.74 Å². The fraction of sp³-hybridized carbons (Fsp3) is 0.571. The molecule has 5 aliphatic heterocycles. The molecule has 31 heavy (non-hydrogen) atoms. The Morgan fingerprint density at radius 3 is 2.77 bits per heavy atom. The van der Waals surface area contributed by atoms with Gasteiger partial charge in [-0.05, 0) is 23.6 Å². The molecule has 0 aromatic heterocycles. The second kappa shape index (κ2) is 5.31. The average Bonchev–Trinajstić information content (AvgIpc) is 3.19. The Kier molecular flexibility index (Phi) is 3.05. The highest BCUT2D eigenvalue weighted by Crippen LogP contribution is 2.71. The second-order valence-corrected chi connectivity index (χ2v) is 9.55. The molecule has 1 saturated carbocycles. The number of para-hydroxylation sites is 1. The molecule has 1 amide bonds. The van der Waals surface area contributed by atoms with E-state index in [0.29, 0.717) is 30.8 Å². The molecule has 1 aliphatic carbocycles. The number of carbonyl (C=O) groups excluding carboxylic acids is 1. The molecule has 1 spiro atoms. The molecule has 2 bridgehead atoms. The molecule has 0 N–H and O–H groups in total. The molecule has 160 valence electrons. The van der Waals surface area contributed by atoms with E-state index in [9.17, 15) is 25.0 Å². The van der Waals surface area contributed by atoms with Gasteiger partial charge in [0.05, 0.1) is 47.6 Å². The van der Waals surface area contributed by atoms with Crippen molar-refractivity contribution >= 4 is 11.6 Å². The molecule has 10 nitrogen and oxygen atoms in total. The predicted octanol–water partition coefficient (Wildman–Crippen LogP) is 0.952. The van der Waals surface area contributed by atoms with Gasteiger partial charge in [0.2, 0.25) is 11.9 Å². The van der Waals surface area contributed by atoms with E-state index in [2.05, 4.69) is 4.90 Å². The van der Waals surface area contributed by atoms with Crippen LogP contribution in [0, 0.1) is 32.1 Å². The number of anilines is 1. The first-order valence-corrected chi connectivity index (χ1v) is 10.7. The lowest BCUT2D eigenvalue weighted by atomic mass is 9.48. The van der Waals surface area contributed by atoms with E-state index in [0.717, 1.165) is 5.57 Å². The van der Waals surface area contributed by atoms with E-state index < -0.39 is 41.1 Å². The highest BCUT2D eigenvalue weighted by molar-refractivity contribution is 6.00. The van der Waals surface area contributed by atoms with Crippen LogP contribution in [0.1, 0.15) is 18.4 Å². The molecule has 7 atom stereocenters. The normalized spacial score (nSPS) is 43.9. The summed E-state index contributed by atoms with van der Waals surface area (Å²) in [6.07, 6.45) is 1.56. The van der Waals surface area contributed by atoms with Gasteiger partial charge in [0, 0.05) is 18.0 Å². The lowest BCUT2D eigenvalue weighted by Gasteiger charge is -2.59. The van der Waals surface area contributed by atoms with Gasteiger partial charge < -0.3 is 4.74 Å². The maximum atomic E-state index is 13.5. The summed E-state index contributed by atoms with van der Waals surface area (Å²) in [5.41, 5.74) is -0.826. The predicted molar refractivity (Wildman–Crippen MR) is 106 cm³/mol. The van der Waals surface area contributed by atoms with Crippen LogP contribution in [0.3, 0.4) is 0 Å². The van der Waals surface area contributed by atoms with Crippen molar-refractivity contribution in [2.24, 2.45) is 11.8 Å². The van der Waals surface area contributed by atoms with Crippen LogP contribution in [0.5, 0.6) is 0 Å². The summed E-state index contributed by atoms with van der Waals surface area (Å²) in [5.74, 6) is -1.72. The molecule has 1 aromatic carbocycles. The molecule has 7 rings (SSSR count). The number of rotatable bonds is 2. The summed E-state index contributed by atoms with van der Waals surface area (Å²) in [5, 5.41) is 25.7. The zero-order valence-electron chi connectivity index (χ0n) is 16.5. The molecule has 5 heterocycles. The first kappa shape index (κ1) is 17.8.